The molecule has 0 aliphatic rings. The van der Waals surface area contributed by atoms with E-state index in [4.69, 9.17) is 0 Å². The second-order valence-corrected chi connectivity index (χ2v) is 3.94. The summed E-state index contributed by atoms with van der Waals surface area (Å²) >= 11 is 0. The van der Waals surface area contributed by atoms with Gasteiger partial charge in [-0.15, -0.1) is 0 Å². The summed E-state index contributed by atoms with van der Waals surface area (Å²) in [6.45, 7) is 4.11. The first-order valence-electron chi connectivity index (χ1n) is 5.60. The highest BCUT2D eigenvalue weighted by molar-refractivity contribution is 5.18. The van der Waals surface area contributed by atoms with Crippen LogP contribution in [0.5, 0.6) is 0 Å². The topological polar surface area (TPSA) is 20.2 Å². The Morgan fingerprint density at radius 3 is 2.33 bits per heavy atom. The van der Waals surface area contributed by atoms with Crippen molar-refractivity contribution in [3.05, 3.63) is 35.6 Å². The molecule has 0 fully saturated rings. The largest absolute Gasteiger partial charge is 0.392 e. The number of benzene rings is 1. The SMILES string of the molecule is CCC(CC)C(O)Cc1ccccc1F. The maximum Gasteiger partial charge on any atom is 0.126 e. The van der Waals surface area contributed by atoms with Gasteiger partial charge in [0, 0.05) is 6.42 Å². The minimum absolute atomic E-state index is 0.220. The molecule has 0 heterocycles. The molecule has 0 saturated heterocycles. The van der Waals surface area contributed by atoms with E-state index in [-0.39, 0.29) is 11.7 Å². The summed E-state index contributed by atoms with van der Waals surface area (Å²) in [5, 5.41) is 9.92. The van der Waals surface area contributed by atoms with Crippen LogP contribution >= 0.6 is 0 Å². The molecule has 0 saturated carbocycles. The van der Waals surface area contributed by atoms with Crippen LogP contribution in [0.3, 0.4) is 0 Å². The van der Waals surface area contributed by atoms with E-state index in [0.29, 0.717) is 12.0 Å². The van der Waals surface area contributed by atoms with Crippen molar-refractivity contribution >= 4 is 0 Å². The Kier molecular flexibility index (Phi) is 4.76. The molecule has 0 aliphatic heterocycles. The smallest absolute Gasteiger partial charge is 0.126 e. The number of aliphatic hydroxyl groups is 1. The van der Waals surface area contributed by atoms with E-state index in [2.05, 4.69) is 13.8 Å². The monoisotopic (exact) mass is 210 g/mol. The molecule has 0 bridgehead atoms. The maximum absolute atomic E-state index is 13.3. The van der Waals surface area contributed by atoms with Crippen molar-refractivity contribution in [2.45, 2.75) is 39.2 Å². The number of halogens is 1. The fraction of sp³-hybridized carbons (Fsp3) is 0.538. The zero-order valence-electron chi connectivity index (χ0n) is 9.41. The molecule has 1 atom stereocenters. The van der Waals surface area contributed by atoms with E-state index < -0.39 is 6.10 Å². The first-order valence-corrected chi connectivity index (χ1v) is 5.60. The van der Waals surface area contributed by atoms with Crippen molar-refractivity contribution in [3.63, 3.8) is 0 Å². The molecular formula is C13H19FO. The molecule has 1 unspecified atom stereocenters. The Bertz CT molecular complexity index is 294. The molecule has 0 amide bonds. The number of aliphatic hydroxyl groups excluding tert-OH is 1. The lowest BCUT2D eigenvalue weighted by molar-refractivity contribution is 0.102. The van der Waals surface area contributed by atoms with Crippen LogP contribution in [0.4, 0.5) is 4.39 Å². The third kappa shape index (κ3) is 3.31. The van der Waals surface area contributed by atoms with Crippen LogP contribution in [-0.4, -0.2) is 11.2 Å². The number of hydrogen-bond donors (Lipinski definition) is 1. The molecule has 0 aliphatic carbocycles. The molecule has 2 heteroatoms. The Balaban J connectivity index is 2.65. The van der Waals surface area contributed by atoms with Crippen molar-refractivity contribution in [3.8, 4) is 0 Å². The van der Waals surface area contributed by atoms with Crippen molar-refractivity contribution in [2.24, 2.45) is 5.92 Å². The summed E-state index contributed by atoms with van der Waals surface area (Å²) in [5.74, 6) is 0.0483. The Morgan fingerprint density at radius 1 is 1.20 bits per heavy atom. The van der Waals surface area contributed by atoms with Gasteiger partial charge in [0.05, 0.1) is 6.10 Å². The molecule has 15 heavy (non-hydrogen) atoms. The summed E-state index contributed by atoms with van der Waals surface area (Å²) in [6, 6.07) is 6.65. The fourth-order valence-corrected chi connectivity index (χ4v) is 1.89. The van der Waals surface area contributed by atoms with Crippen LogP contribution in [0.15, 0.2) is 24.3 Å². The standard InChI is InChI=1S/C13H19FO/c1-3-10(4-2)13(15)9-11-7-5-6-8-12(11)14/h5-8,10,13,15H,3-4,9H2,1-2H3. The Hall–Kier alpha value is -0.890. The number of hydrogen-bond acceptors (Lipinski definition) is 1. The maximum atomic E-state index is 13.3. The van der Waals surface area contributed by atoms with E-state index in [0.717, 1.165) is 12.8 Å². The second-order valence-electron chi connectivity index (χ2n) is 3.94. The van der Waals surface area contributed by atoms with Gasteiger partial charge in [-0.1, -0.05) is 44.9 Å². The first kappa shape index (κ1) is 12.2. The van der Waals surface area contributed by atoms with Gasteiger partial charge in [-0.2, -0.15) is 0 Å². The van der Waals surface area contributed by atoms with Crippen LogP contribution < -0.4 is 0 Å². The minimum Gasteiger partial charge on any atom is -0.392 e. The van der Waals surface area contributed by atoms with E-state index in [1.165, 1.54) is 6.07 Å². The molecular weight excluding hydrogens is 191 g/mol. The Morgan fingerprint density at radius 2 is 1.80 bits per heavy atom. The van der Waals surface area contributed by atoms with Gasteiger partial charge in [-0.3, -0.25) is 0 Å². The minimum atomic E-state index is -0.433. The van der Waals surface area contributed by atoms with Gasteiger partial charge in [0.1, 0.15) is 5.82 Å². The summed E-state index contributed by atoms with van der Waals surface area (Å²) in [7, 11) is 0. The predicted molar refractivity (Wildman–Crippen MR) is 60.2 cm³/mol. The summed E-state index contributed by atoms with van der Waals surface area (Å²) < 4.78 is 13.3. The van der Waals surface area contributed by atoms with Gasteiger partial charge in [0.25, 0.3) is 0 Å². The average molecular weight is 210 g/mol. The van der Waals surface area contributed by atoms with Crippen LogP contribution in [0, 0.1) is 11.7 Å². The molecule has 1 aromatic carbocycles. The van der Waals surface area contributed by atoms with Crippen LogP contribution in [0.1, 0.15) is 32.3 Å². The highest BCUT2D eigenvalue weighted by Crippen LogP contribution is 2.18. The normalized spacial score (nSPS) is 13.1. The van der Waals surface area contributed by atoms with Gasteiger partial charge < -0.3 is 5.11 Å². The summed E-state index contributed by atoms with van der Waals surface area (Å²) in [5.41, 5.74) is 0.608. The molecule has 0 aromatic heterocycles. The van der Waals surface area contributed by atoms with E-state index in [1.54, 1.807) is 18.2 Å². The van der Waals surface area contributed by atoms with Crippen molar-refractivity contribution < 1.29 is 9.50 Å². The van der Waals surface area contributed by atoms with Crippen molar-refractivity contribution in [2.75, 3.05) is 0 Å². The molecule has 0 spiro atoms. The molecule has 1 aromatic rings. The van der Waals surface area contributed by atoms with E-state index in [9.17, 15) is 9.50 Å². The van der Waals surface area contributed by atoms with Gasteiger partial charge in [0.15, 0.2) is 0 Å². The van der Waals surface area contributed by atoms with Gasteiger partial charge in [-0.25, -0.2) is 4.39 Å². The summed E-state index contributed by atoms with van der Waals surface area (Å²) in [4.78, 5) is 0. The number of rotatable bonds is 5. The van der Waals surface area contributed by atoms with Crippen molar-refractivity contribution in [1.82, 2.24) is 0 Å². The first-order chi connectivity index (χ1) is 7.19. The van der Waals surface area contributed by atoms with Crippen LogP contribution in [0.2, 0.25) is 0 Å². The molecule has 84 valence electrons. The van der Waals surface area contributed by atoms with Gasteiger partial charge >= 0.3 is 0 Å². The lowest BCUT2D eigenvalue weighted by atomic mass is 9.92. The van der Waals surface area contributed by atoms with Gasteiger partial charge in [0.2, 0.25) is 0 Å². The second kappa shape index (κ2) is 5.86. The lowest BCUT2D eigenvalue weighted by Gasteiger charge is -2.20. The zero-order valence-corrected chi connectivity index (χ0v) is 9.41. The van der Waals surface area contributed by atoms with E-state index in [1.807, 2.05) is 0 Å². The fourth-order valence-electron chi connectivity index (χ4n) is 1.89. The third-order valence-corrected chi connectivity index (χ3v) is 2.98. The molecule has 0 radical (unpaired) electrons. The highest BCUT2D eigenvalue weighted by Gasteiger charge is 2.17. The van der Waals surface area contributed by atoms with Crippen LogP contribution in [0.25, 0.3) is 0 Å². The lowest BCUT2D eigenvalue weighted by Crippen LogP contribution is -2.22. The van der Waals surface area contributed by atoms with Crippen molar-refractivity contribution in [1.29, 1.82) is 0 Å². The summed E-state index contributed by atoms with van der Waals surface area (Å²) in [6.07, 6.45) is 1.86. The van der Waals surface area contributed by atoms with Gasteiger partial charge in [-0.05, 0) is 17.5 Å². The quantitative estimate of drug-likeness (QED) is 0.791. The van der Waals surface area contributed by atoms with E-state index >= 15 is 0 Å². The highest BCUT2D eigenvalue weighted by atomic mass is 19.1. The third-order valence-electron chi connectivity index (χ3n) is 2.98. The molecule has 1 nitrogen and oxygen atoms in total. The molecule has 1 rings (SSSR count). The predicted octanol–water partition coefficient (Wildman–Crippen LogP) is 3.17. The zero-order chi connectivity index (χ0) is 11.3. The Labute approximate surface area is 90.9 Å². The van der Waals surface area contributed by atoms with Crippen LogP contribution in [-0.2, 0) is 6.42 Å². The molecule has 1 N–H and O–H groups in total. The average Bonchev–Trinajstić information content (AvgIpc) is 2.23.